The zero-order chi connectivity index (χ0) is 18.6. The van der Waals surface area contributed by atoms with Gasteiger partial charge in [-0.15, -0.1) is 0 Å². The van der Waals surface area contributed by atoms with E-state index in [0.717, 1.165) is 38.8 Å². The number of anilines is 1. The molecule has 0 aromatic heterocycles. The van der Waals surface area contributed by atoms with E-state index in [9.17, 15) is 13.2 Å². The van der Waals surface area contributed by atoms with Crippen molar-refractivity contribution in [2.75, 3.05) is 44.6 Å². The maximum absolute atomic E-state index is 13.0. The predicted molar refractivity (Wildman–Crippen MR) is 99.0 cm³/mol. The Balaban J connectivity index is 1.80. The second kappa shape index (κ2) is 8.37. The summed E-state index contributed by atoms with van der Waals surface area (Å²) < 4.78 is 33.0. The fourth-order valence-electron chi connectivity index (χ4n) is 3.61. The van der Waals surface area contributed by atoms with Crippen molar-refractivity contribution in [1.29, 1.82) is 0 Å². The number of benzene rings is 1. The number of ether oxygens (including phenoxy) is 1. The van der Waals surface area contributed by atoms with Crippen LogP contribution in [0.15, 0.2) is 23.1 Å². The molecule has 0 saturated carbocycles. The molecular formula is C18H28N3O4S+. The van der Waals surface area contributed by atoms with Crippen molar-refractivity contribution < 1.29 is 22.8 Å². The first-order valence-corrected chi connectivity index (χ1v) is 10.8. The average molecular weight is 383 g/mol. The Morgan fingerprint density at radius 3 is 2.54 bits per heavy atom. The second-order valence-electron chi connectivity index (χ2n) is 6.89. The number of sulfonamides is 1. The standard InChI is InChI=1S/C18H27N3O4S/c1-2-25-16-8-7-15(19-18(22)14-20-9-3-4-10-20)13-17(16)26(23,24)21-11-5-6-12-21/h7-8,13H,2-6,9-12,14H2,1H3,(H,19,22)/p+1. The highest BCUT2D eigenvalue weighted by Crippen LogP contribution is 2.31. The molecule has 2 fully saturated rings. The van der Waals surface area contributed by atoms with Gasteiger partial charge in [-0.25, -0.2) is 8.42 Å². The van der Waals surface area contributed by atoms with Crippen LogP contribution in [0.3, 0.4) is 0 Å². The molecule has 0 radical (unpaired) electrons. The molecule has 0 unspecified atom stereocenters. The maximum Gasteiger partial charge on any atom is 0.279 e. The molecule has 144 valence electrons. The highest BCUT2D eigenvalue weighted by Gasteiger charge is 2.30. The van der Waals surface area contributed by atoms with Crippen LogP contribution >= 0.6 is 0 Å². The van der Waals surface area contributed by atoms with Crippen molar-refractivity contribution >= 4 is 21.6 Å². The van der Waals surface area contributed by atoms with Gasteiger partial charge in [0.2, 0.25) is 10.0 Å². The van der Waals surface area contributed by atoms with Crippen LogP contribution in [0.25, 0.3) is 0 Å². The summed E-state index contributed by atoms with van der Waals surface area (Å²) in [7, 11) is -3.62. The van der Waals surface area contributed by atoms with E-state index in [-0.39, 0.29) is 10.8 Å². The Labute approximate surface area is 155 Å². The van der Waals surface area contributed by atoms with Crippen LogP contribution in [0.4, 0.5) is 5.69 Å². The van der Waals surface area contributed by atoms with Crippen LogP contribution in [0.2, 0.25) is 0 Å². The first-order chi connectivity index (χ1) is 12.5. The minimum atomic E-state index is -3.62. The van der Waals surface area contributed by atoms with E-state index in [4.69, 9.17) is 4.74 Å². The summed E-state index contributed by atoms with van der Waals surface area (Å²) in [5.41, 5.74) is 0.495. The molecule has 26 heavy (non-hydrogen) atoms. The molecule has 7 nitrogen and oxygen atoms in total. The van der Waals surface area contributed by atoms with Gasteiger partial charge in [-0.3, -0.25) is 4.79 Å². The monoisotopic (exact) mass is 382 g/mol. The highest BCUT2D eigenvalue weighted by molar-refractivity contribution is 7.89. The Kier molecular flexibility index (Phi) is 6.16. The smallest absolute Gasteiger partial charge is 0.279 e. The quantitative estimate of drug-likeness (QED) is 0.719. The van der Waals surface area contributed by atoms with Crippen LogP contribution < -0.4 is 15.0 Å². The summed E-state index contributed by atoms with van der Waals surface area (Å²) in [5, 5.41) is 2.84. The van der Waals surface area contributed by atoms with Crippen molar-refractivity contribution in [3.63, 3.8) is 0 Å². The van der Waals surface area contributed by atoms with Crippen LogP contribution in [-0.2, 0) is 14.8 Å². The third kappa shape index (κ3) is 4.36. The van der Waals surface area contributed by atoms with E-state index in [1.807, 2.05) is 6.92 Å². The van der Waals surface area contributed by atoms with Gasteiger partial charge in [0.05, 0.1) is 19.7 Å². The Morgan fingerprint density at radius 2 is 1.88 bits per heavy atom. The molecule has 2 heterocycles. The summed E-state index contributed by atoms with van der Waals surface area (Å²) in [5.74, 6) is 0.248. The van der Waals surface area contributed by atoms with Crippen molar-refractivity contribution in [3.05, 3.63) is 18.2 Å². The Morgan fingerprint density at radius 1 is 1.19 bits per heavy atom. The van der Waals surface area contributed by atoms with Crippen molar-refractivity contribution in [3.8, 4) is 5.75 Å². The van der Waals surface area contributed by atoms with Crippen LogP contribution in [0.1, 0.15) is 32.6 Å². The highest BCUT2D eigenvalue weighted by atomic mass is 32.2. The number of amides is 1. The lowest BCUT2D eigenvalue weighted by atomic mass is 10.3. The van der Waals surface area contributed by atoms with Crippen molar-refractivity contribution in [1.82, 2.24) is 4.31 Å². The number of hydrogen-bond acceptors (Lipinski definition) is 4. The third-order valence-corrected chi connectivity index (χ3v) is 6.85. The minimum absolute atomic E-state index is 0.0874. The van der Waals surface area contributed by atoms with Crippen LogP contribution in [0, 0.1) is 0 Å². The van der Waals surface area contributed by atoms with Gasteiger partial charge < -0.3 is 15.0 Å². The lowest BCUT2D eigenvalue weighted by molar-refractivity contribution is -0.878. The molecule has 0 aliphatic carbocycles. The lowest BCUT2D eigenvalue weighted by Crippen LogP contribution is -3.11. The summed E-state index contributed by atoms with van der Waals surface area (Å²) in [6, 6.07) is 4.85. The average Bonchev–Trinajstić information content (AvgIpc) is 3.30. The zero-order valence-electron chi connectivity index (χ0n) is 15.3. The summed E-state index contributed by atoms with van der Waals surface area (Å²) in [4.78, 5) is 13.7. The van der Waals surface area contributed by atoms with Crippen LogP contribution in [0.5, 0.6) is 5.75 Å². The van der Waals surface area contributed by atoms with Gasteiger partial charge in [0.15, 0.2) is 6.54 Å². The summed E-state index contributed by atoms with van der Waals surface area (Å²) in [6.07, 6.45) is 4.06. The molecular weight excluding hydrogens is 354 g/mol. The van der Waals surface area contributed by atoms with E-state index in [1.165, 1.54) is 15.3 Å². The second-order valence-corrected chi connectivity index (χ2v) is 8.79. The summed E-state index contributed by atoms with van der Waals surface area (Å²) >= 11 is 0. The van der Waals surface area contributed by atoms with E-state index in [1.54, 1.807) is 12.1 Å². The van der Waals surface area contributed by atoms with Gasteiger partial charge in [-0.1, -0.05) is 0 Å². The molecule has 1 aromatic rings. The number of likely N-dealkylation sites (tertiary alicyclic amines) is 1. The predicted octanol–water partition coefficient (Wildman–Crippen LogP) is 0.487. The van der Waals surface area contributed by atoms with E-state index >= 15 is 0 Å². The largest absolute Gasteiger partial charge is 0.492 e. The van der Waals surface area contributed by atoms with Gasteiger partial charge in [0.25, 0.3) is 5.91 Å². The van der Waals surface area contributed by atoms with E-state index < -0.39 is 10.0 Å². The minimum Gasteiger partial charge on any atom is -0.492 e. The molecule has 2 N–H and O–H groups in total. The maximum atomic E-state index is 13.0. The van der Waals surface area contributed by atoms with Gasteiger partial charge in [-0.05, 0) is 38.0 Å². The molecule has 1 aromatic carbocycles. The SMILES string of the molecule is CCOc1ccc(NC(=O)C[NH+]2CCCC2)cc1S(=O)(=O)N1CCCC1. The first kappa shape index (κ1) is 19.1. The number of quaternary nitrogens is 1. The molecule has 0 spiro atoms. The Bertz CT molecular complexity index is 739. The third-order valence-electron chi connectivity index (χ3n) is 4.93. The normalized spacial score (nSPS) is 19.0. The molecule has 2 saturated heterocycles. The number of hydrogen-bond donors (Lipinski definition) is 2. The molecule has 0 atom stereocenters. The molecule has 1 amide bonds. The zero-order valence-corrected chi connectivity index (χ0v) is 16.1. The first-order valence-electron chi connectivity index (χ1n) is 9.41. The number of nitrogens with one attached hydrogen (secondary N) is 2. The molecule has 8 heteroatoms. The molecule has 2 aliphatic rings. The van der Waals surface area contributed by atoms with Crippen molar-refractivity contribution in [2.24, 2.45) is 0 Å². The fourth-order valence-corrected chi connectivity index (χ4v) is 5.29. The van der Waals surface area contributed by atoms with E-state index in [0.29, 0.717) is 37.7 Å². The fraction of sp³-hybridized carbons (Fsp3) is 0.611. The number of carbonyl (C=O) groups is 1. The topological polar surface area (TPSA) is 80.1 Å². The molecule has 2 aliphatic heterocycles. The van der Waals surface area contributed by atoms with Crippen LogP contribution in [-0.4, -0.2) is 58.0 Å². The van der Waals surface area contributed by atoms with E-state index in [2.05, 4.69) is 5.32 Å². The van der Waals surface area contributed by atoms with Gasteiger partial charge in [-0.2, -0.15) is 4.31 Å². The summed E-state index contributed by atoms with van der Waals surface area (Å²) in [6.45, 7) is 5.72. The van der Waals surface area contributed by atoms with Crippen molar-refractivity contribution in [2.45, 2.75) is 37.5 Å². The van der Waals surface area contributed by atoms with Gasteiger partial charge >= 0.3 is 0 Å². The Hall–Kier alpha value is -1.64. The number of carbonyl (C=O) groups excluding carboxylic acids is 1. The van der Waals surface area contributed by atoms with Gasteiger partial charge in [0.1, 0.15) is 10.6 Å². The van der Waals surface area contributed by atoms with Gasteiger partial charge in [0, 0.05) is 31.6 Å². The number of rotatable bonds is 7. The lowest BCUT2D eigenvalue weighted by Gasteiger charge is -2.19. The number of nitrogens with zero attached hydrogens (tertiary/aromatic N) is 1. The molecule has 0 bridgehead atoms. The molecule has 3 rings (SSSR count).